The van der Waals surface area contributed by atoms with Crippen molar-refractivity contribution in [2.24, 2.45) is 0 Å². The molecule has 8 nitrogen and oxygen atoms in total. The number of aromatic nitrogens is 2. The van der Waals surface area contributed by atoms with Crippen LogP contribution in [-0.2, 0) is 17.6 Å². The number of piperazine rings is 1. The number of hydrogen-bond acceptors (Lipinski definition) is 8. The Morgan fingerprint density at radius 3 is 2.76 bits per heavy atom. The van der Waals surface area contributed by atoms with Crippen LogP contribution in [-0.4, -0.2) is 70.4 Å². The van der Waals surface area contributed by atoms with Gasteiger partial charge in [0, 0.05) is 43.0 Å². The van der Waals surface area contributed by atoms with Crippen LogP contribution in [0.1, 0.15) is 27.7 Å². The minimum atomic E-state index is -0.894. The molecule has 1 amide bonds. The molecule has 4 heterocycles. The van der Waals surface area contributed by atoms with Gasteiger partial charge in [-0.25, -0.2) is 9.97 Å². The number of carbonyl (C=O) groups excluding carboxylic acids is 1. The van der Waals surface area contributed by atoms with Crippen LogP contribution in [0.4, 0.5) is 5.82 Å². The number of aryl methyl sites for hydroxylation is 1. The van der Waals surface area contributed by atoms with Gasteiger partial charge < -0.3 is 19.6 Å². The number of benzene rings is 1. The molecule has 1 aromatic carbocycles. The summed E-state index contributed by atoms with van der Waals surface area (Å²) in [5.74, 6) is 0.682. The van der Waals surface area contributed by atoms with Crippen LogP contribution in [0.5, 0.6) is 5.75 Å². The van der Waals surface area contributed by atoms with Crippen LogP contribution >= 0.6 is 23.1 Å². The zero-order valence-electron chi connectivity index (χ0n) is 18.2. The summed E-state index contributed by atoms with van der Waals surface area (Å²) in [5.41, 5.74) is 1.81. The van der Waals surface area contributed by atoms with Crippen LogP contribution < -0.4 is 9.64 Å². The summed E-state index contributed by atoms with van der Waals surface area (Å²) < 4.78 is 5.62. The molecule has 2 aliphatic rings. The first-order valence-corrected chi connectivity index (χ1v) is 12.8. The van der Waals surface area contributed by atoms with Crippen molar-refractivity contribution in [2.45, 2.75) is 24.9 Å². The van der Waals surface area contributed by atoms with E-state index in [0.717, 1.165) is 52.0 Å². The van der Waals surface area contributed by atoms with Gasteiger partial charge in [-0.3, -0.25) is 9.59 Å². The SMILES string of the molecule is CCc1cc2c(N3CCN(C(=O)c4ccc5c(c4)OCC5)CC3)nc(SCC(=O)O)nc2s1. The minimum absolute atomic E-state index is 0.0160. The molecule has 1 saturated heterocycles. The molecule has 0 radical (unpaired) electrons. The molecule has 0 aliphatic carbocycles. The fourth-order valence-electron chi connectivity index (χ4n) is 4.15. The molecule has 3 aromatic rings. The van der Waals surface area contributed by atoms with E-state index in [0.29, 0.717) is 43.5 Å². The fourth-order valence-corrected chi connectivity index (χ4v) is 5.73. The molecule has 10 heteroatoms. The third kappa shape index (κ3) is 4.49. The summed E-state index contributed by atoms with van der Waals surface area (Å²) >= 11 is 2.75. The maximum Gasteiger partial charge on any atom is 0.313 e. The Hall–Kier alpha value is -2.85. The number of rotatable bonds is 6. The Kier molecular flexibility index (Phi) is 6.11. The van der Waals surface area contributed by atoms with Gasteiger partial charge in [-0.1, -0.05) is 24.8 Å². The van der Waals surface area contributed by atoms with Gasteiger partial charge >= 0.3 is 5.97 Å². The molecule has 1 N–H and O–H groups in total. The molecule has 33 heavy (non-hydrogen) atoms. The molecule has 2 aliphatic heterocycles. The summed E-state index contributed by atoms with van der Waals surface area (Å²) in [6, 6.07) is 7.86. The van der Waals surface area contributed by atoms with E-state index in [1.165, 1.54) is 4.88 Å². The monoisotopic (exact) mass is 484 g/mol. The van der Waals surface area contributed by atoms with Crippen LogP contribution in [0.15, 0.2) is 29.4 Å². The molecule has 0 spiro atoms. The molecule has 2 aromatic heterocycles. The van der Waals surface area contributed by atoms with Crippen molar-refractivity contribution in [3.63, 3.8) is 0 Å². The van der Waals surface area contributed by atoms with Crippen LogP contribution in [0.2, 0.25) is 0 Å². The van der Waals surface area contributed by atoms with Gasteiger partial charge in [-0.2, -0.15) is 0 Å². The lowest BCUT2D eigenvalue weighted by Gasteiger charge is -2.35. The highest BCUT2D eigenvalue weighted by Crippen LogP contribution is 2.34. The van der Waals surface area contributed by atoms with Crippen molar-refractivity contribution >= 4 is 51.0 Å². The number of ether oxygens (including phenoxy) is 1. The number of aliphatic carboxylic acids is 1. The Labute approximate surface area is 199 Å². The topological polar surface area (TPSA) is 95.9 Å². The van der Waals surface area contributed by atoms with Crippen molar-refractivity contribution in [3.8, 4) is 5.75 Å². The highest BCUT2D eigenvalue weighted by molar-refractivity contribution is 7.99. The summed E-state index contributed by atoms with van der Waals surface area (Å²) in [4.78, 5) is 39.5. The molecule has 0 unspecified atom stereocenters. The number of amides is 1. The van der Waals surface area contributed by atoms with E-state index in [-0.39, 0.29) is 11.7 Å². The highest BCUT2D eigenvalue weighted by Gasteiger charge is 2.26. The molecule has 1 fully saturated rings. The van der Waals surface area contributed by atoms with Gasteiger partial charge in [0.25, 0.3) is 5.91 Å². The molecule has 172 valence electrons. The number of anilines is 1. The number of fused-ring (bicyclic) bond motifs is 2. The van der Waals surface area contributed by atoms with Crippen LogP contribution in [0.25, 0.3) is 10.2 Å². The Bertz CT molecular complexity index is 1220. The van der Waals surface area contributed by atoms with Gasteiger partial charge in [0.2, 0.25) is 0 Å². The number of thioether (sulfide) groups is 1. The Morgan fingerprint density at radius 1 is 1.18 bits per heavy atom. The van der Waals surface area contributed by atoms with E-state index in [9.17, 15) is 9.59 Å². The number of nitrogens with zero attached hydrogens (tertiary/aromatic N) is 4. The average molecular weight is 485 g/mol. The van der Waals surface area contributed by atoms with Crippen molar-refractivity contribution in [1.82, 2.24) is 14.9 Å². The number of thiophene rings is 1. The third-order valence-electron chi connectivity index (χ3n) is 5.89. The summed E-state index contributed by atoms with van der Waals surface area (Å²) in [6.07, 6.45) is 1.80. The minimum Gasteiger partial charge on any atom is -0.493 e. The van der Waals surface area contributed by atoms with E-state index >= 15 is 0 Å². The number of carboxylic acid groups (broad SMARTS) is 1. The van der Waals surface area contributed by atoms with Crippen molar-refractivity contribution in [2.75, 3.05) is 43.4 Å². The standard InChI is InChI=1S/C23H24N4O4S2/c1-2-16-12-17-20(24-23(25-21(17)33-16)32-13-19(28)29)26-6-8-27(9-7-26)22(30)15-4-3-14-5-10-31-18(14)11-15/h3-4,11-12H,2,5-10,13H2,1H3,(H,28,29). The number of hydrogen-bond donors (Lipinski definition) is 1. The predicted molar refractivity (Wildman–Crippen MR) is 129 cm³/mol. The second-order valence-electron chi connectivity index (χ2n) is 8.00. The van der Waals surface area contributed by atoms with E-state index in [4.69, 9.17) is 14.8 Å². The molecular weight excluding hydrogens is 460 g/mol. The first kappa shape index (κ1) is 22.0. The molecule has 5 rings (SSSR count). The third-order valence-corrected chi connectivity index (χ3v) is 7.89. The normalized spacial score (nSPS) is 15.5. The zero-order chi connectivity index (χ0) is 22.9. The van der Waals surface area contributed by atoms with Gasteiger partial charge in [-0.05, 0) is 30.2 Å². The lowest BCUT2D eigenvalue weighted by atomic mass is 10.1. The van der Waals surface area contributed by atoms with E-state index < -0.39 is 5.97 Å². The predicted octanol–water partition coefficient (Wildman–Crippen LogP) is 3.33. The number of carbonyl (C=O) groups is 2. The van der Waals surface area contributed by atoms with E-state index in [2.05, 4.69) is 22.9 Å². The second-order valence-corrected chi connectivity index (χ2v) is 10.1. The lowest BCUT2D eigenvalue weighted by molar-refractivity contribution is -0.133. The van der Waals surface area contributed by atoms with Crippen molar-refractivity contribution < 1.29 is 19.4 Å². The van der Waals surface area contributed by atoms with E-state index in [1.807, 2.05) is 23.1 Å². The van der Waals surface area contributed by atoms with Crippen molar-refractivity contribution in [3.05, 3.63) is 40.3 Å². The average Bonchev–Trinajstić information content (AvgIpc) is 3.48. The summed E-state index contributed by atoms with van der Waals surface area (Å²) in [6.45, 7) is 5.26. The molecule has 0 bridgehead atoms. The summed E-state index contributed by atoms with van der Waals surface area (Å²) in [7, 11) is 0. The number of carboxylic acids is 1. The summed E-state index contributed by atoms with van der Waals surface area (Å²) in [5, 5.41) is 10.5. The lowest BCUT2D eigenvalue weighted by Crippen LogP contribution is -2.49. The van der Waals surface area contributed by atoms with Gasteiger partial charge in [0.05, 0.1) is 17.7 Å². The zero-order valence-corrected chi connectivity index (χ0v) is 19.9. The Balaban J connectivity index is 1.34. The first-order chi connectivity index (χ1) is 16.0. The second kappa shape index (κ2) is 9.18. The smallest absolute Gasteiger partial charge is 0.313 e. The molecule has 0 atom stereocenters. The molecule has 0 saturated carbocycles. The van der Waals surface area contributed by atoms with E-state index in [1.54, 1.807) is 11.3 Å². The van der Waals surface area contributed by atoms with Gasteiger partial charge in [0.15, 0.2) is 5.16 Å². The maximum atomic E-state index is 13.1. The highest BCUT2D eigenvalue weighted by atomic mass is 32.2. The van der Waals surface area contributed by atoms with Crippen LogP contribution in [0, 0.1) is 0 Å². The largest absolute Gasteiger partial charge is 0.493 e. The van der Waals surface area contributed by atoms with Gasteiger partial charge in [-0.15, -0.1) is 11.3 Å². The molecular formula is C23H24N4O4S2. The fraction of sp³-hybridized carbons (Fsp3) is 0.391. The van der Waals surface area contributed by atoms with Crippen molar-refractivity contribution in [1.29, 1.82) is 0 Å². The van der Waals surface area contributed by atoms with Crippen LogP contribution in [0.3, 0.4) is 0 Å². The first-order valence-electron chi connectivity index (χ1n) is 11.0. The quantitative estimate of drug-likeness (QED) is 0.421. The van der Waals surface area contributed by atoms with Gasteiger partial charge in [0.1, 0.15) is 16.4 Å². The maximum absolute atomic E-state index is 13.1. The Morgan fingerprint density at radius 2 is 2.00 bits per heavy atom.